The highest BCUT2D eigenvalue weighted by Gasteiger charge is 2.18. The Morgan fingerprint density at radius 2 is 0.658 bits per heavy atom. The fourth-order valence-electron chi connectivity index (χ4n) is 2.69. The Morgan fingerprint density at radius 3 is 0.947 bits per heavy atom. The van der Waals surface area contributed by atoms with Crippen LogP contribution >= 0.6 is 15.8 Å². The first-order valence-electron chi connectivity index (χ1n) is 10.4. The van der Waals surface area contributed by atoms with Crippen LogP contribution in [0.15, 0.2) is 48.5 Å². The van der Waals surface area contributed by atoms with Crippen LogP contribution in [-0.2, 0) is 0 Å². The second-order valence-corrected chi connectivity index (χ2v) is 9.43. The van der Waals surface area contributed by atoms with Crippen molar-refractivity contribution < 1.29 is 0 Å². The van der Waals surface area contributed by atoms with E-state index < -0.39 is 15.8 Å². The molecule has 0 saturated carbocycles. The number of rotatable bonds is 3. The van der Waals surface area contributed by atoms with Crippen molar-refractivity contribution in [3.05, 3.63) is 48.5 Å². The summed E-state index contributed by atoms with van der Waals surface area (Å²) in [6, 6.07) is 15.7. The molecule has 0 heterocycles. The van der Waals surface area contributed by atoms with Gasteiger partial charge in [0.25, 0.3) is 0 Å². The molecule has 2 aromatic carbocycles. The van der Waals surface area contributed by atoms with E-state index in [0.29, 0.717) is 0 Å². The predicted molar refractivity (Wildman–Crippen MR) is 163 cm³/mol. The predicted octanol–water partition coefficient (Wildman–Crippen LogP) is 3.96. The van der Waals surface area contributed by atoms with Crippen molar-refractivity contribution in [3.8, 4) is 154 Å². The average Bonchev–Trinajstić information content (AvgIpc) is 2.95. The number of hydrogen-bond donors (Lipinski definition) is 0. The van der Waals surface area contributed by atoms with Crippen molar-refractivity contribution in [1.29, 1.82) is 0 Å². The van der Waals surface area contributed by atoms with Crippen molar-refractivity contribution in [2.45, 2.75) is 0 Å². The second kappa shape index (κ2) is 17.5. The molecule has 2 heteroatoms. The SMILES string of the molecule is C#CC#CC#CP(C#CC#CC#C)c1ccccc1-c1ccccc1P(C#CC#CC#C)C#CC#CC#C. The van der Waals surface area contributed by atoms with E-state index >= 15 is 0 Å². The van der Waals surface area contributed by atoms with Crippen LogP contribution in [-0.4, -0.2) is 0 Å². The molecule has 0 aromatic heterocycles. The summed E-state index contributed by atoms with van der Waals surface area (Å²) in [4.78, 5) is 0. The van der Waals surface area contributed by atoms with Crippen molar-refractivity contribution in [3.63, 3.8) is 0 Å². The third-order valence-electron chi connectivity index (χ3n) is 4.04. The van der Waals surface area contributed by atoms with Gasteiger partial charge in [-0.25, -0.2) is 0 Å². The molecule has 0 nitrogen and oxygen atoms in total. The van der Waals surface area contributed by atoms with Crippen LogP contribution in [0.2, 0.25) is 0 Å². The summed E-state index contributed by atoms with van der Waals surface area (Å²) in [7, 11) is -2.63. The molecule has 0 radical (unpaired) electrons. The van der Waals surface area contributed by atoms with Gasteiger partial charge in [-0.1, -0.05) is 48.5 Å². The normalized spacial score (nSPS) is 7.21. The number of hydrogen-bond acceptors (Lipinski definition) is 0. The Morgan fingerprint density at radius 1 is 0.368 bits per heavy atom. The lowest BCUT2D eigenvalue weighted by molar-refractivity contribution is 1.68. The first-order valence-corrected chi connectivity index (χ1v) is 13.1. The van der Waals surface area contributed by atoms with E-state index in [1.165, 1.54) is 0 Å². The monoisotopic (exact) mass is 506 g/mol. The highest BCUT2D eigenvalue weighted by Crippen LogP contribution is 2.39. The molecular formula is C36H12P2. The summed E-state index contributed by atoms with van der Waals surface area (Å²) in [5, 5.41) is 1.82. The van der Waals surface area contributed by atoms with Gasteiger partial charge in [-0.2, -0.15) is 0 Å². The van der Waals surface area contributed by atoms with Gasteiger partial charge < -0.3 is 0 Å². The minimum Gasteiger partial charge on any atom is -0.106 e. The maximum absolute atomic E-state index is 5.21. The van der Waals surface area contributed by atoms with Gasteiger partial charge in [0.05, 0.1) is 15.8 Å². The van der Waals surface area contributed by atoms with E-state index in [-0.39, 0.29) is 0 Å². The van der Waals surface area contributed by atoms with Gasteiger partial charge in [0, 0.05) is 10.6 Å². The van der Waals surface area contributed by atoms with Crippen LogP contribution in [0.5, 0.6) is 0 Å². The molecule has 2 aromatic rings. The van der Waals surface area contributed by atoms with Gasteiger partial charge in [0.2, 0.25) is 0 Å². The van der Waals surface area contributed by atoms with Crippen LogP contribution in [0.1, 0.15) is 0 Å². The van der Waals surface area contributed by atoms with E-state index in [1.807, 2.05) is 48.5 Å². The lowest BCUT2D eigenvalue weighted by Crippen LogP contribution is -2.10. The van der Waals surface area contributed by atoms with Gasteiger partial charge in [-0.15, -0.1) is 25.7 Å². The van der Waals surface area contributed by atoms with Crippen molar-refractivity contribution in [1.82, 2.24) is 0 Å². The van der Waals surface area contributed by atoms with Crippen molar-refractivity contribution in [2.75, 3.05) is 0 Å². The standard InChI is InChI=1S/C36H12P2/c1-5-9-13-21-29-37(30-22-14-10-6-2)35-27-19-17-25-33(35)34-26-18-20-28-36(34)38(31-23-15-11-7-3)32-24-16-12-8-4/h1-4,17-20,25-28H. The van der Waals surface area contributed by atoms with E-state index in [1.54, 1.807) is 0 Å². The zero-order chi connectivity index (χ0) is 27.3. The van der Waals surface area contributed by atoms with Gasteiger partial charge in [-0.05, 0) is 128 Å². The molecule has 0 atom stereocenters. The highest BCUT2D eigenvalue weighted by atomic mass is 31.1. The Balaban J connectivity index is 2.79. The van der Waals surface area contributed by atoms with E-state index in [9.17, 15) is 0 Å². The van der Waals surface area contributed by atoms with Crippen LogP contribution in [0.3, 0.4) is 0 Å². The molecule has 0 spiro atoms. The molecule has 2 rings (SSSR count). The molecule has 38 heavy (non-hydrogen) atoms. The fourth-order valence-corrected chi connectivity index (χ4v) is 5.30. The molecule has 0 unspecified atom stereocenters. The van der Waals surface area contributed by atoms with Gasteiger partial charge in [-0.3, -0.25) is 0 Å². The summed E-state index contributed by atoms with van der Waals surface area (Å²) in [5.74, 6) is 40.7. The van der Waals surface area contributed by atoms with Gasteiger partial charge >= 0.3 is 0 Å². The highest BCUT2D eigenvalue weighted by molar-refractivity contribution is 7.76. The lowest BCUT2D eigenvalue weighted by Gasteiger charge is -2.16. The molecule has 0 saturated heterocycles. The minimum absolute atomic E-state index is 0.912. The molecule has 166 valence electrons. The molecule has 0 aliphatic heterocycles. The number of benzene rings is 2. The third kappa shape index (κ3) is 9.34. The average molecular weight is 506 g/mol. The number of terminal acetylenes is 4. The summed E-state index contributed by atoms with van der Waals surface area (Å²) in [5.41, 5.74) is 14.4. The fraction of sp³-hybridized carbons (Fsp3) is 0. The Kier molecular flexibility index (Phi) is 13.0. The zero-order valence-corrected chi connectivity index (χ0v) is 21.6. The van der Waals surface area contributed by atoms with E-state index in [2.05, 4.69) is 117 Å². The molecule has 0 aliphatic carbocycles. The Hall–Kier alpha value is -5.98. The zero-order valence-electron chi connectivity index (χ0n) is 19.8. The van der Waals surface area contributed by atoms with Crippen LogP contribution < -0.4 is 10.6 Å². The van der Waals surface area contributed by atoms with Crippen molar-refractivity contribution in [2.24, 2.45) is 0 Å². The summed E-state index contributed by atoms with van der Waals surface area (Å²) >= 11 is 0. The van der Waals surface area contributed by atoms with Gasteiger partial charge in [0.15, 0.2) is 0 Å². The molecule has 0 fully saturated rings. The van der Waals surface area contributed by atoms with Crippen LogP contribution in [0, 0.1) is 143 Å². The maximum atomic E-state index is 5.21. The third-order valence-corrected chi connectivity index (χ3v) is 7.12. The quantitative estimate of drug-likeness (QED) is 0.437. The molecule has 0 N–H and O–H groups in total. The summed E-state index contributed by atoms with van der Waals surface area (Å²) < 4.78 is 0. The van der Waals surface area contributed by atoms with Crippen LogP contribution in [0.25, 0.3) is 11.1 Å². The Labute approximate surface area is 228 Å². The molecule has 0 amide bonds. The summed E-state index contributed by atoms with van der Waals surface area (Å²) in [6.45, 7) is 0. The lowest BCUT2D eigenvalue weighted by atomic mass is 10.1. The van der Waals surface area contributed by atoms with E-state index in [4.69, 9.17) is 25.7 Å². The van der Waals surface area contributed by atoms with Gasteiger partial charge in [0.1, 0.15) is 0 Å². The molecule has 0 bridgehead atoms. The largest absolute Gasteiger partial charge is 0.106 e. The Bertz CT molecular complexity index is 1670. The maximum Gasteiger partial charge on any atom is 0.0838 e. The molecule has 0 aliphatic rings. The molecular weight excluding hydrogens is 494 g/mol. The first kappa shape index (κ1) is 28.3. The van der Waals surface area contributed by atoms with E-state index in [0.717, 1.165) is 21.7 Å². The first-order chi connectivity index (χ1) is 18.8. The summed E-state index contributed by atoms with van der Waals surface area (Å²) in [6.07, 6.45) is 20.8. The topological polar surface area (TPSA) is 0 Å². The smallest absolute Gasteiger partial charge is 0.0838 e. The van der Waals surface area contributed by atoms with Crippen molar-refractivity contribution >= 4 is 26.5 Å². The van der Waals surface area contributed by atoms with Crippen LogP contribution in [0.4, 0.5) is 0 Å². The minimum atomic E-state index is -1.32. The second-order valence-electron chi connectivity index (χ2n) is 6.23.